The van der Waals surface area contributed by atoms with E-state index in [1.165, 1.54) is 6.07 Å². The van der Waals surface area contributed by atoms with Crippen molar-refractivity contribution in [2.24, 2.45) is 5.92 Å². The molecular formula is C27H25FN2O5. The summed E-state index contributed by atoms with van der Waals surface area (Å²) < 4.78 is 19.6. The van der Waals surface area contributed by atoms with E-state index in [0.29, 0.717) is 0 Å². The molecule has 0 heterocycles. The fourth-order valence-corrected chi connectivity index (χ4v) is 4.28. The Hall–Kier alpha value is -4.20. The summed E-state index contributed by atoms with van der Waals surface area (Å²) in [5, 5.41) is 14.1. The zero-order chi connectivity index (χ0) is 25.1. The molecule has 0 saturated carbocycles. The van der Waals surface area contributed by atoms with Crippen molar-refractivity contribution in [2.75, 3.05) is 11.9 Å². The number of hydrogen-bond acceptors (Lipinski definition) is 4. The van der Waals surface area contributed by atoms with E-state index in [0.717, 1.165) is 34.4 Å². The smallest absolute Gasteiger partial charge is 0.411 e. The number of benzene rings is 3. The van der Waals surface area contributed by atoms with E-state index in [-0.39, 0.29) is 29.7 Å². The van der Waals surface area contributed by atoms with Gasteiger partial charge < -0.3 is 15.2 Å². The maximum Gasteiger partial charge on any atom is 0.411 e. The van der Waals surface area contributed by atoms with Crippen LogP contribution in [0.4, 0.5) is 14.9 Å². The molecule has 0 spiro atoms. The minimum atomic E-state index is -1.19. The van der Waals surface area contributed by atoms with Crippen molar-refractivity contribution < 1.29 is 28.6 Å². The zero-order valence-electron chi connectivity index (χ0n) is 19.2. The first kappa shape index (κ1) is 23.9. The summed E-state index contributed by atoms with van der Waals surface area (Å²) in [7, 11) is 0. The SMILES string of the molecule is CC(C)[C@@H](NC(=O)c1cc(F)cc(NC(=O)OCC2c3ccccc3-c3ccccc32)c1)C(=O)O. The summed E-state index contributed by atoms with van der Waals surface area (Å²) in [6.07, 6.45) is -0.797. The van der Waals surface area contributed by atoms with Gasteiger partial charge >= 0.3 is 12.1 Å². The Labute approximate surface area is 201 Å². The van der Waals surface area contributed by atoms with Crippen LogP contribution >= 0.6 is 0 Å². The third-order valence-corrected chi connectivity index (χ3v) is 5.97. The second kappa shape index (κ2) is 9.97. The van der Waals surface area contributed by atoms with Gasteiger partial charge in [-0.2, -0.15) is 0 Å². The summed E-state index contributed by atoms with van der Waals surface area (Å²) in [5.74, 6) is -3.22. The number of amides is 2. The van der Waals surface area contributed by atoms with E-state index in [2.05, 4.69) is 10.6 Å². The average Bonchev–Trinajstić information content (AvgIpc) is 3.14. The molecule has 0 radical (unpaired) electrons. The Bertz CT molecular complexity index is 1240. The lowest BCUT2D eigenvalue weighted by atomic mass is 9.98. The summed E-state index contributed by atoms with van der Waals surface area (Å²) in [5.41, 5.74) is 4.21. The Kier molecular flexibility index (Phi) is 6.82. The topological polar surface area (TPSA) is 105 Å². The van der Waals surface area contributed by atoms with Gasteiger partial charge in [0.1, 0.15) is 18.5 Å². The van der Waals surface area contributed by atoms with E-state index in [1.54, 1.807) is 13.8 Å². The second-order valence-corrected chi connectivity index (χ2v) is 8.71. The monoisotopic (exact) mass is 476 g/mol. The number of anilines is 1. The van der Waals surface area contributed by atoms with Crippen molar-refractivity contribution in [3.05, 3.63) is 89.2 Å². The largest absolute Gasteiger partial charge is 0.480 e. The Morgan fingerprint density at radius 2 is 1.57 bits per heavy atom. The number of rotatable bonds is 7. The van der Waals surface area contributed by atoms with Gasteiger partial charge in [0.2, 0.25) is 0 Å². The molecule has 3 aromatic rings. The molecule has 7 nitrogen and oxygen atoms in total. The number of carboxylic acid groups (broad SMARTS) is 1. The Morgan fingerprint density at radius 3 is 2.14 bits per heavy atom. The summed E-state index contributed by atoms with van der Waals surface area (Å²) >= 11 is 0. The van der Waals surface area contributed by atoms with Crippen LogP contribution in [-0.4, -0.2) is 35.7 Å². The molecule has 0 aromatic heterocycles. The highest BCUT2D eigenvalue weighted by Crippen LogP contribution is 2.44. The predicted octanol–water partition coefficient (Wildman–Crippen LogP) is 5.03. The lowest BCUT2D eigenvalue weighted by Gasteiger charge is -2.18. The van der Waals surface area contributed by atoms with E-state index in [1.807, 2.05) is 48.5 Å². The van der Waals surface area contributed by atoms with Gasteiger partial charge in [0.05, 0.1) is 0 Å². The van der Waals surface area contributed by atoms with Crippen molar-refractivity contribution in [2.45, 2.75) is 25.8 Å². The molecule has 0 fully saturated rings. The van der Waals surface area contributed by atoms with Gasteiger partial charge in [-0.3, -0.25) is 10.1 Å². The number of aliphatic carboxylic acids is 1. The summed E-state index contributed by atoms with van der Waals surface area (Å²) in [6.45, 7) is 3.38. The fourth-order valence-electron chi connectivity index (χ4n) is 4.28. The van der Waals surface area contributed by atoms with E-state index < -0.39 is 29.8 Å². The predicted molar refractivity (Wildman–Crippen MR) is 129 cm³/mol. The Morgan fingerprint density at radius 1 is 0.971 bits per heavy atom. The van der Waals surface area contributed by atoms with E-state index >= 15 is 0 Å². The first-order valence-electron chi connectivity index (χ1n) is 11.2. The van der Waals surface area contributed by atoms with E-state index in [4.69, 9.17) is 4.74 Å². The first-order chi connectivity index (χ1) is 16.7. The van der Waals surface area contributed by atoms with Gasteiger partial charge in [-0.15, -0.1) is 0 Å². The van der Waals surface area contributed by atoms with Crippen LogP contribution in [-0.2, 0) is 9.53 Å². The quantitative estimate of drug-likeness (QED) is 0.444. The molecule has 4 rings (SSSR count). The number of hydrogen-bond donors (Lipinski definition) is 3. The second-order valence-electron chi connectivity index (χ2n) is 8.71. The summed E-state index contributed by atoms with van der Waals surface area (Å²) in [6, 6.07) is 18.0. The molecule has 0 saturated heterocycles. The number of carboxylic acids is 1. The molecule has 3 N–H and O–H groups in total. The summed E-state index contributed by atoms with van der Waals surface area (Å²) in [4.78, 5) is 36.4. The average molecular weight is 477 g/mol. The van der Waals surface area contributed by atoms with Crippen LogP contribution in [0.25, 0.3) is 11.1 Å². The molecule has 180 valence electrons. The van der Waals surface area contributed by atoms with E-state index in [9.17, 15) is 23.9 Å². The highest BCUT2D eigenvalue weighted by Gasteiger charge is 2.29. The zero-order valence-corrected chi connectivity index (χ0v) is 19.2. The van der Waals surface area contributed by atoms with Crippen LogP contribution in [0.1, 0.15) is 41.3 Å². The van der Waals surface area contributed by atoms with Gasteiger partial charge in [-0.1, -0.05) is 62.4 Å². The minimum Gasteiger partial charge on any atom is -0.480 e. The molecule has 1 atom stereocenters. The molecular weight excluding hydrogens is 451 g/mol. The maximum atomic E-state index is 14.2. The lowest BCUT2D eigenvalue weighted by molar-refractivity contribution is -0.140. The Balaban J connectivity index is 1.44. The highest BCUT2D eigenvalue weighted by molar-refractivity contribution is 5.98. The first-order valence-corrected chi connectivity index (χ1v) is 11.2. The fraction of sp³-hybridized carbons (Fsp3) is 0.222. The number of halogens is 1. The highest BCUT2D eigenvalue weighted by atomic mass is 19.1. The maximum absolute atomic E-state index is 14.2. The third kappa shape index (κ3) is 5.16. The van der Waals surface area contributed by atoms with Crippen LogP contribution in [0.15, 0.2) is 66.7 Å². The van der Waals surface area contributed by atoms with Gasteiger partial charge in [-0.05, 0) is 46.4 Å². The standard InChI is InChI=1S/C27H25FN2O5/c1-15(2)24(26(32)33)30-25(31)16-11-17(28)13-18(12-16)29-27(34)35-14-23-21-9-5-3-7-19(21)20-8-4-6-10-22(20)23/h3-13,15,23-24H,14H2,1-2H3,(H,29,34)(H,30,31)(H,32,33)/t24-/m1/s1. The van der Waals surface area contributed by atoms with Crippen molar-refractivity contribution in [3.8, 4) is 11.1 Å². The molecule has 1 aliphatic rings. The lowest BCUT2D eigenvalue weighted by Crippen LogP contribution is -2.44. The van der Waals surface area contributed by atoms with Crippen molar-refractivity contribution >= 4 is 23.7 Å². The van der Waals surface area contributed by atoms with Crippen LogP contribution in [0.5, 0.6) is 0 Å². The molecule has 3 aromatic carbocycles. The molecule has 8 heteroatoms. The van der Waals surface area contributed by atoms with Gasteiger partial charge in [0, 0.05) is 17.2 Å². The molecule has 0 aliphatic heterocycles. The van der Waals surface area contributed by atoms with Crippen molar-refractivity contribution in [1.82, 2.24) is 5.32 Å². The number of carbonyl (C=O) groups excluding carboxylic acids is 2. The van der Waals surface area contributed by atoms with Crippen LogP contribution in [0.3, 0.4) is 0 Å². The van der Waals surface area contributed by atoms with Gasteiger partial charge in [0.25, 0.3) is 5.91 Å². The van der Waals surface area contributed by atoms with Crippen LogP contribution < -0.4 is 10.6 Å². The van der Waals surface area contributed by atoms with Gasteiger partial charge in [-0.25, -0.2) is 14.0 Å². The molecule has 0 unspecified atom stereocenters. The van der Waals surface area contributed by atoms with Gasteiger partial charge in [0.15, 0.2) is 0 Å². The molecule has 1 aliphatic carbocycles. The van der Waals surface area contributed by atoms with Crippen LogP contribution in [0, 0.1) is 11.7 Å². The number of ether oxygens (including phenoxy) is 1. The third-order valence-electron chi connectivity index (χ3n) is 5.97. The van der Waals surface area contributed by atoms with Crippen molar-refractivity contribution in [1.29, 1.82) is 0 Å². The van der Waals surface area contributed by atoms with Crippen molar-refractivity contribution in [3.63, 3.8) is 0 Å². The molecule has 2 amide bonds. The van der Waals surface area contributed by atoms with Crippen LogP contribution in [0.2, 0.25) is 0 Å². The number of carbonyl (C=O) groups is 3. The minimum absolute atomic E-state index is 0.0174. The number of fused-ring (bicyclic) bond motifs is 3. The molecule has 0 bridgehead atoms. The molecule has 35 heavy (non-hydrogen) atoms. The normalized spacial score (nSPS) is 13.0. The number of nitrogens with one attached hydrogen (secondary N) is 2.